The maximum absolute atomic E-state index is 14.2. The van der Waals surface area contributed by atoms with Gasteiger partial charge in [0.25, 0.3) is 0 Å². The predicted molar refractivity (Wildman–Crippen MR) is 71.3 cm³/mol. The van der Waals surface area contributed by atoms with Crippen LogP contribution >= 0.6 is 0 Å². The Morgan fingerprint density at radius 2 is 1.89 bits per heavy atom. The van der Waals surface area contributed by atoms with Crippen LogP contribution in [0.5, 0.6) is 0 Å². The monoisotopic (exact) mass is 246 g/mol. The first-order valence-electron chi connectivity index (χ1n) is 6.82. The lowest BCUT2D eigenvalue weighted by atomic mass is 9.95. The number of fused-ring (bicyclic) bond motifs is 1. The van der Waals surface area contributed by atoms with Gasteiger partial charge in [-0.2, -0.15) is 5.10 Å². The molecule has 0 unspecified atom stereocenters. The summed E-state index contributed by atoms with van der Waals surface area (Å²) in [6.45, 7) is 3.90. The molecule has 2 nitrogen and oxygen atoms in total. The van der Waals surface area contributed by atoms with Crippen molar-refractivity contribution in [3.8, 4) is 0 Å². The van der Waals surface area contributed by atoms with E-state index in [9.17, 15) is 4.39 Å². The molecular weight excluding hydrogens is 227 g/mol. The van der Waals surface area contributed by atoms with Crippen LogP contribution in [0.1, 0.15) is 49.4 Å². The Balaban J connectivity index is 2.17. The molecule has 1 aromatic carbocycles. The summed E-state index contributed by atoms with van der Waals surface area (Å²) in [5.41, 5.74) is 2.61. The molecule has 0 aliphatic heterocycles. The summed E-state index contributed by atoms with van der Waals surface area (Å²) in [4.78, 5) is 0. The number of hydrogen-bond acceptors (Lipinski definition) is 1. The minimum absolute atomic E-state index is 0.129. The Bertz CT molecular complexity index is 580. The molecule has 0 N–H and O–H groups in total. The summed E-state index contributed by atoms with van der Waals surface area (Å²) in [7, 11) is 0. The highest BCUT2D eigenvalue weighted by atomic mass is 19.1. The Hall–Kier alpha value is -1.38. The molecule has 2 aromatic rings. The minimum atomic E-state index is -0.129. The zero-order valence-corrected chi connectivity index (χ0v) is 11.0. The second-order valence-corrected chi connectivity index (χ2v) is 5.46. The van der Waals surface area contributed by atoms with E-state index in [4.69, 9.17) is 0 Å². The molecule has 1 saturated carbocycles. The summed E-state index contributed by atoms with van der Waals surface area (Å²) in [6.07, 6.45) is 6.03. The van der Waals surface area contributed by atoms with Crippen molar-refractivity contribution in [1.82, 2.24) is 9.78 Å². The lowest BCUT2D eigenvalue weighted by Gasteiger charge is -2.22. The van der Waals surface area contributed by atoms with E-state index in [0.29, 0.717) is 11.6 Å². The number of rotatable bonds is 1. The van der Waals surface area contributed by atoms with Crippen LogP contribution in [-0.2, 0) is 0 Å². The Kier molecular flexibility index (Phi) is 2.84. The molecule has 0 atom stereocenters. The third kappa shape index (κ3) is 1.82. The number of nitrogens with zero attached hydrogens (tertiary/aromatic N) is 2. The fraction of sp³-hybridized carbons (Fsp3) is 0.533. The molecule has 1 aliphatic rings. The van der Waals surface area contributed by atoms with Crippen molar-refractivity contribution in [2.45, 2.75) is 52.0 Å². The van der Waals surface area contributed by atoms with E-state index >= 15 is 0 Å². The zero-order chi connectivity index (χ0) is 12.7. The number of halogens is 1. The van der Waals surface area contributed by atoms with Crippen LogP contribution in [-0.4, -0.2) is 9.78 Å². The summed E-state index contributed by atoms with van der Waals surface area (Å²) in [5, 5.41) is 5.56. The molecule has 0 amide bonds. The fourth-order valence-electron chi connectivity index (χ4n) is 3.10. The molecule has 18 heavy (non-hydrogen) atoms. The highest BCUT2D eigenvalue weighted by Gasteiger charge is 2.21. The number of benzene rings is 1. The van der Waals surface area contributed by atoms with E-state index in [0.717, 1.165) is 29.5 Å². The van der Waals surface area contributed by atoms with Gasteiger partial charge in [-0.1, -0.05) is 19.3 Å². The molecule has 1 aliphatic carbocycles. The van der Waals surface area contributed by atoms with Crippen molar-refractivity contribution in [3.63, 3.8) is 0 Å². The van der Waals surface area contributed by atoms with Crippen molar-refractivity contribution in [2.75, 3.05) is 0 Å². The molecule has 96 valence electrons. The van der Waals surface area contributed by atoms with Crippen LogP contribution < -0.4 is 0 Å². The molecular formula is C15H19FN2. The second-order valence-electron chi connectivity index (χ2n) is 5.46. The first-order chi connectivity index (χ1) is 8.66. The topological polar surface area (TPSA) is 17.8 Å². The van der Waals surface area contributed by atoms with Gasteiger partial charge in [-0.05, 0) is 44.4 Å². The molecule has 3 rings (SSSR count). The van der Waals surface area contributed by atoms with E-state index in [-0.39, 0.29) is 5.82 Å². The molecule has 0 saturated heterocycles. The van der Waals surface area contributed by atoms with Crippen LogP contribution in [0.15, 0.2) is 12.1 Å². The summed E-state index contributed by atoms with van der Waals surface area (Å²) in [5.74, 6) is -0.129. The molecule has 0 radical (unpaired) electrons. The third-order valence-corrected chi connectivity index (χ3v) is 4.00. The van der Waals surface area contributed by atoms with Crippen molar-refractivity contribution in [1.29, 1.82) is 0 Å². The maximum Gasteiger partial charge on any atom is 0.149 e. The van der Waals surface area contributed by atoms with E-state index in [1.807, 2.05) is 24.6 Å². The van der Waals surface area contributed by atoms with Crippen LogP contribution in [0.3, 0.4) is 0 Å². The average Bonchev–Trinajstić information content (AvgIpc) is 2.68. The van der Waals surface area contributed by atoms with Gasteiger partial charge in [0, 0.05) is 5.39 Å². The first-order valence-corrected chi connectivity index (χ1v) is 6.82. The molecule has 3 heteroatoms. The summed E-state index contributed by atoms with van der Waals surface area (Å²) >= 11 is 0. The van der Waals surface area contributed by atoms with Gasteiger partial charge >= 0.3 is 0 Å². The predicted octanol–water partition coefficient (Wildman–Crippen LogP) is 4.30. The second kappa shape index (κ2) is 4.38. The lowest BCUT2D eigenvalue weighted by Crippen LogP contribution is -2.14. The molecule has 1 aromatic heterocycles. The molecule has 1 heterocycles. The van der Waals surface area contributed by atoms with Crippen LogP contribution in [0, 0.1) is 19.7 Å². The van der Waals surface area contributed by atoms with E-state index in [2.05, 4.69) is 5.10 Å². The normalized spacial score (nSPS) is 17.5. The maximum atomic E-state index is 14.2. The van der Waals surface area contributed by atoms with Crippen molar-refractivity contribution in [3.05, 3.63) is 29.2 Å². The van der Waals surface area contributed by atoms with Crippen LogP contribution in [0.4, 0.5) is 4.39 Å². The van der Waals surface area contributed by atoms with Gasteiger partial charge in [-0.15, -0.1) is 0 Å². The Morgan fingerprint density at radius 1 is 1.17 bits per heavy atom. The van der Waals surface area contributed by atoms with Gasteiger partial charge in [0.2, 0.25) is 0 Å². The van der Waals surface area contributed by atoms with E-state index in [1.165, 1.54) is 19.3 Å². The van der Waals surface area contributed by atoms with Gasteiger partial charge < -0.3 is 0 Å². The third-order valence-electron chi connectivity index (χ3n) is 4.00. The highest BCUT2D eigenvalue weighted by Crippen LogP contribution is 2.32. The van der Waals surface area contributed by atoms with E-state index < -0.39 is 0 Å². The van der Waals surface area contributed by atoms with Crippen LogP contribution in [0.25, 0.3) is 10.9 Å². The van der Waals surface area contributed by atoms with Gasteiger partial charge in [-0.25, -0.2) is 4.39 Å². The quantitative estimate of drug-likeness (QED) is 0.733. The minimum Gasteiger partial charge on any atom is -0.259 e. The largest absolute Gasteiger partial charge is 0.259 e. The standard InChI is InChI=1S/C15H19FN2/c1-10-8-13-11(2)17-18(15(13)14(16)9-10)12-6-4-3-5-7-12/h8-9,12H,3-7H2,1-2H3. The number of aromatic nitrogens is 2. The summed E-state index contributed by atoms with van der Waals surface area (Å²) in [6, 6.07) is 4.04. The Labute approximate surface area is 107 Å². The number of aryl methyl sites for hydroxylation is 2. The van der Waals surface area contributed by atoms with Gasteiger partial charge in [0.05, 0.1) is 11.7 Å². The van der Waals surface area contributed by atoms with Gasteiger partial charge in [0.1, 0.15) is 11.3 Å². The fourth-order valence-corrected chi connectivity index (χ4v) is 3.10. The van der Waals surface area contributed by atoms with E-state index in [1.54, 1.807) is 6.07 Å². The van der Waals surface area contributed by atoms with Crippen molar-refractivity contribution < 1.29 is 4.39 Å². The average molecular weight is 246 g/mol. The smallest absolute Gasteiger partial charge is 0.149 e. The molecule has 0 bridgehead atoms. The Morgan fingerprint density at radius 3 is 2.61 bits per heavy atom. The molecule has 0 spiro atoms. The van der Waals surface area contributed by atoms with Gasteiger partial charge in [-0.3, -0.25) is 4.68 Å². The lowest BCUT2D eigenvalue weighted by molar-refractivity contribution is 0.334. The summed E-state index contributed by atoms with van der Waals surface area (Å²) < 4.78 is 16.2. The van der Waals surface area contributed by atoms with Crippen molar-refractivity contribution >= 4 is 10.9 Å². The van der Waals surface area contributed by atoms with Crippen molar-refractivity contribution in [2.24, 2.45) is 0 Å². The molecule has 1 fully saturated rings. The zero-order valence-electron chi connectivity index (χ0n) is 11.0. The SMILES string of the molecule is Cc1cc(F)c2c(c1)c(C)nn2C1CCCCC1. The first kappa shape index (κ1) is 11.7. The number of hydrogen-bond donors (Lipinski definition) is 0. The van der Waals surface area contributed by atoms with Crippen LogP contribution in [0.2, 0.25) is 0 Å². The highest BCUT2D eigenvalue weighted by molar-refractivity contribution is 5.83. The van der Waals surface area contributed by atoms with Gasteiger partial charge in [0.15, 0.2) is 0 Å².